The van der Waals surface area contributed by atoms with Gasteiger partial charge in [-0.1, -0.05) is 52.0 Å². The third kappa shape index (κ3) is 5.80. The number of ether oxygens (including phenoxy) is 1. The Kier molecular flexibility index (Phi) is 5.83. The van der Waals surface area contributed by atoms with Gasteiger partial charge in [0.05, 0.1) is 12.7 Å². The predicted molar refractivity (Wildman–Crippen MR) is 89.2 cm³/mol. The van der Waals surface area contributed by atoms with Crippen LogP contribution in [0.1, 0.15) is 64.5 Å². The standard InChI is InChI=1S/C19H31NO/c1-15(2)20-13-16-6-5-7-17(12-16)14-21-18-8-10-19(3,4)11-9-18/h5-7,12,15,18,20H,8-11,13-14H2,1-4H3. The molecule has 0 spiro atoms. The zero-order chi connectivity index (χ0) is 15.3. The van der Waals surface area contributed by atoms with Gasteiger partial charge in [0.2, 0.25) is 0 Å². The molecule has 1 aliphatic rings. The molecular formula is C19H31NO. The first-order chi connectivity index (χ1) is 9.94. The topological polar surface area (TPSA) is 21.3 Å². The van der Waals surface area contributed by atoms with Crippen molar-refractivity contribution in [3.8, 4) is 0 Å². The number of nitrogens with one attached hydrogen (secondary N) is 1. The summed E-state index contributed by atoms with van der Waals surface area (Å²) >= 11 is 0. The molecule has 0 heterocycles. The Balaban J connectivity index is 1.79. The van der Waals surface area contributed by atoms with Crippen molar-refractivity contribution in [2.24, 2.45) is 5.41 Å². The van der Waals surface area contributed by atoms with E-state index < -0.39 is 0 Å². The summed E-state index contributed by atoms with van der Waals surface area (Å²) in [4.78, 5) is 0. The Morgan fingerprint density at radius 1 is 1.19 bits per heavy atom. The molecule has 0 amide bonds. The molecule has 0 atom stereocenters. The zero-order valence-electron chi connectivity index (χ0n) is 14.1. The van der Waals surface area contributed by atoms with Crippen LogP contribution in [0.15, 0.2) is 24.3 Å². The molecular weight excluding hydrogens is 258 g/mol. The summed E-state index contributed by atoms with van der Waals surface area (Å²) in [6.07, 6.45) is 5.45. The highest BCUT2D eigenvalue weighted by Gasteiger charge is 2.27. The van der Waals surface area contributed by atoms with Gasteiger partial charge in [-0.2, -0.15) is 0 Å². The largest absolute Gasteiger partial charge is 0.374 e. The number of hydrogen-bond acceptors (Lipinski definition) is 2. The maximum absolute atomic E-state index is 6.12. The third-order valence-electron chi connectivity index (χ3n) is 4.48. The normalized spacial score (nSPS) is 19.1. The fourth-order valence-corrected chi connectivity index (χ4v) is 2.90. The highest BCUT2D eigenvalue weighted by Crippen LogP contribution is 2.36. The molecule has 2 rings (SSSR count). The molecule has 0 saturated heterocycles. The summed E-state index contributed by atoms with van der Waals surface area (Å²) in [5.41, 5.74) is 3.15. The van der Waals surface area contributed by atoms with E-state index in [2.05, 4.69) is 57.3 Å². The lowest BCUT2D eigenvalue weighted by atomic mass is 9.76. The van der Waals surface area contributed by atoms with Gasteiger partial charge in [-0.3, -0.25) is 0 Å². The summed E-state index contributed by atoms with van der Waals surface area (Å²) in [5, 5.41) is 3.46. The minimum absolute atomic E-state index is 0.454. The van der Waals surface area contributed by atoms with Crippen molar-refractivity contribution in [3.63, 3.8) is 0 Å². The lowest BCUT2D eigenvalue weighted by Crippen LogP contribution is -2.26. The van der Waals surface area contributed by atoms with Crippen molar-refractivity contribution in [3.05, 3.63) is 35.4 Å². The van der Waals surface area contributed by atoms with Crippen LogP contribution in [0.3, 0.4) is 0 Å². The molecule has 1 saturated carbocycles. The first-order valence-electron chi connectivity index (χ1n) is 8.37. The number of benzene rings is 1. The summed E-state index contributed by atoms with van der Waals surface area (Å²) in [5.74, 6) is 0. The third-order valence-corrected chi connectivity index (χ3v) is 4.48. The monoisotopic (exact) mass is 289 g/mol. The molecule has 0 unspecified atom stereocenters. The van der Waals surface area contributed by atoms with Crippen LogP contribution in [0, 0.1) is 5.41 Å². The first kappa shape index (κ1) is 16.5. The van der Waals surface area contributed by atoms with Gasteiger partial charge in [-0.05, 0) is 42.2 Å². The number of hydrogen-bond donors (Lipinski definition) is 1. The Bertz CT molecular complexity index is 429. The van der Waals surface area contributed by atoms with Crippen molar-refractivity contribution in [2.45, 2.75) is 78.7 Å². The Morgan fingerprint density at radius 2 is 1.86 bits per heavy atom. The van der Waals surface area contributed by atoms with Gasteiger partial charge >= 0.3 is 0 Å². The molecule has 1 aromatic carbocycles. The number of rotatable bonds is 6. The van der Waals surface area contributed by atoms with Crippen molar-refractivity contribution in [1.29, 1.82) is 0 Å². The minimum atomic E-state index is 0.454. The molecule has 0 aromatic heterocycles. The van der Waals surface area contributed by atoms with E-state index in [-0.39, 0.29) is 0 Å². The van der Waals surface area contributed by atoms with Crippen LogP contribution < -0.4 is 5.32 Å². The van der Waals surface area contributed by atoms with Crippen LogP contribution in [-0.2, 0) is 17.9 Å². The molecule has 0 aliphatic heterocycles. The summed E-state index contributed by atoms with van der Waals surface area (Å²) in [7, 11) is 0. The van der Waals surface area contributed by atoms with E-state index in [9.17, 15) is 0 Å². The maximum Gasteiger partial charge on any atom is 0.0720 e. The molecule has 1 N–H and O–H groups in total. The Labute approximate surface area is 130 Å². The molecule has 2 heteroatoms. The van der Waals surface area contributed by atoms with Gasteiger partial charge in [0, 0.05) is 12.6 Å². The van der Waals surface area contributed by atoms with E-state index in [4.69, 9.17) is 4.74 Å². The molecule has 1 aromatic rings. The van der Waals surface area contributed by atoms with Crippen LogP contribution in [0.4, 0.5) is 0 Å². The lowest BCUT2D eigenvalue weighted by Gasteiger charge is -2.34. The van der Waals surface area contributed by atoms with Crippen molar-refractivity contribution in [2.75, 3.05) is 0 Å². The molecule has 21 heavy (non-hydrogen) atoms. The van der Waals surface area contributed by atoms with Gasteiger partial charge in [0.25, 0.3) is 0 Å². The van der Waals surface area contributed by atoms with E-state index in [1.165, 1.54) is 36.8 Å². The van der Waals surface area contributed by atoms with E-state index in [1.807, 2.05) is 0 Å². The average molecular weight is 289 g/mol. The maximum atomic E-state index is 6.12. The SMILES string of the molecule is CC(C)NCc1cccc(COC2CCC(C)(C)CC2)c1. The minimum Gasteiger partial charge on any atom is -0.374 e. The summed E-state index contributed by atoms with van der Waals surface area (Å²) in [6.45, 7) is 10.8. The lowest BCUT2D eigenvalue weighted by molar-refractivity contribution is -0.00560. The van der Waals surface area contributed by atoms with Crippen LogP contribution >= 0.6 is 0 Å². The fraction of sp³-hybridized carbons (Fsp3) is 0.684. The first-order valence-corrected chi connectivity index (χ1v) is 8.37. The van der Waals surface area contributed by atoms with Gasteiger partial charge in [0.1, 0.15) is 0 Å². The van der Waals surface area contributed by atoms with Crippen molar-refractivity contribution in [1.82, 2.24) is 5.32 Å². The predicted octanol–water partition coefficient (Wildman–Crippen LogP) is 4.67. The van der Waals surface area contributed by atoms with Gasteiger partial charge < -0.3 is 10.1 Å². The van der Waals surface area contributed by atoms with Gasteiger partial charge in [0.15, 0.2) is 0 Å². The molecule has 1 fully saturated rings. The fourth-order valence-electron chi connectivity index (χ4n) is 2.90. The zero-order valence-corrected chi connectivity index (χ0v) is 14.1. The van der Waals surface area contributed by atoms with Crippen LogP contribution in [0.25, 0.3) is 0 Å². The summed E-state index contributed by atoms with van der Waals surface area (Å²) in [6, 6.07) is 9.28. The van der Waals surface area contributed by atoms with Gasteiger partial charge in [-0.15, -0.1) is 0 Å². The second-order valence-electron chi connectivity index (χ2n) is 7.53. The van der Waals surface area contributed by atoms with E-state index in [1.54, 1.807) is 0 Å². The van der Waals surface area contributed by atoms with Crippen LogP contribution in [0.2, 0.25) is 0 Å². The molecule has 2 nitrogen and oxygen atoms in total. The average Bonchev–Trinajstić information content (AvgIpc) is 2.44. The smallest absolute Gasteiger partial charge is 0.0720 e. The molecule has 1 aliphatic carbocycles. The highest BCUT2D eigenvalue weighted by molar-refractivity contribution is 5.22. The Morgan fingerprint density at radius 3 is 2.52 bits per heavy atom. The van der Waals surface area contributed by atoms with E-state index >= 15 is 0 Å². The Hall–Kier alpha value is -0.860. The molecule has 0 radical (unpaired) electrons. The molecule has 0 bridgehead atoms. The van der Waals surface area contributed by atoms with Crippen molar-refractivity contribution >= 4 is 0 Å². The second-order valence-corrected chi connectivity index (χ2v) is 7.53. The summed E-state index contributed by atoms with van der Waals surface area (Å²) < 4.78 is 6.12. The molecule has 118 valence electrons. The van der Waals surface area contributed by atoms with Crippen LogP contribution in [-0.4, -0.2) is 12.1 Å². The van der Waals surface area contributed by atoms with Crippen LogP contribution in [0.5, 0.6) is 0 Å². The second kappa shape index (κ2) is 7.42. The van der Waals surface area contributed by atoms with E-state index in [0.717, 1.165) is 13.2 Å². The van der Waals surface area contributed by atoms with Crippen molar-refractivity contribution < 1.29 is 4.74 Å². The highest BCUT2D eigenvalue weighted by atomic mass is 16.5. The quantitative estimate of drug-likeness (QED) is 0.821. The van der Waals surface area contributed by atoms with E-state index in [0.29, 0.717) is 17.6 Å². The van der Waals surface area contributed by atoms with Gasteiger partial charge in [-0.25, -0.2) is 0 Å².